The lowest BCUT2D eigenvalue weighted by Crippen LogP contribution is -2.35. The summed E-state index contributed by atoms with van der Waals surface area (Å²) in [4.78, 5) is 12.4. The van der Waals surface area contributed by atoms with E-state index < -0.39 is 24.2 Å². The highest BCUT2D eigenvalue weighted by molar-refractivity contribution is 5.80. The summed E-state index contributed by atoms with van der Waals surface area (Å²) in [6, 6.07) is 5.10. The average Bonchev–Trinajstić information content (AvgIpc) is 2.95. The molecule has 0 aliphatic carbocycles. The molecular formula is C15H18F3N5O. The highest BCUT2D eigenvalue weighted by Gasteiger charge is 2.24. The smallest absolute Gasteiger partial charge is 0.245 e. The third-order valence-electron chi connectivity index (χ3n) is 3.47. The first-order valence-corrected chi connectivity index (χ1v) is 7.52. The van der Waals surface area contributed by atoms with Crippen molar-refractivity contribution in [1.82, 2.24) is 25.5 Å². The minimum Gasteiger partial charge on any atom is -0.354 e. The van der Waals surface area contributed by atoms with Crippen LogP contribution < -0.4 is 5.32 Å². The van der Waals surface area contributed by atoms with Gasteiger partial charge in [0.2, 0.25) is 12.3 Å². The van der Waals surface area contributed by atoms with Gasteiger partial charge in [-0.1, -0.05) is 12.1 Å². The summed E-state index contributed by atoms with van der Waals surface area (Å²) >= 11 is 0. The molecule has 0 aliphatic rings. The minimum atomic E-state index is -2.40. The van der Waals surface area contributed by atoms with Crippen molar-refractivity contribution in [2.24, 2.45) is 0 Å². The number of amides is 1. The lowest BCUT2D eigenvalue weighted by atomic mass is 10.0. The molecule has 1 unspecified atom stereocenters. The van der Waals surface area contributed by atoms with E-state index in [0.29, 0.717) is 11.4 Å². The quantitative estimate of drug-likeness (QED) is 0.746. The SMILES string of the molecule is Cc1nnnn1C(Cc1cccc(F)c1)C(=O)NCCCC(F)F. The Hall–Kier alpha value is -2.45. The fourth-order valence-electron chi connectivity index (χ4n) is 2.29. The first-order chi connectivity index (χ1) is 11.5. The van der Waals surface area contributed by atoms with Gasteiger partial charge in [-0.3, -0.25) is 4.79 Å². The number of aromatic nitrogens is 4. The van der Waals surface area contributed by atoms with Crippen LogP contribution in [0.25, 0.3) is 0 Å². The minimum absolute atomic E-state index is 0.129. The van der Waals surface area contributed by atoms with Gasteiger partial charge in [0.1, 0.15) is 17.7 Å². The second-order valence-corrected chi connectivity index (χ2v) is 5.34. The van der Waals surface area contributed by atoms with E-state index >= 15 is 0 Å². The molecule has 1 aromatic heterocycles. The maximum absolute atomic E-state index is 13.3. The van der Waals surface area contributed by atoms with Crippen molar-refractivity contribution in [2.45, 2.75) is 38.7 Å². The van der Waals surface area contributed by atoms with Gasteiger partial charge in [0, 0.05) is 19.4 Å². The number of halogens is 3. The van der Waals surface area contributed by atoms with E-state index in [4.69, 9.17) is 0 Å². The Kier molecular flexibility index (Phi) is 6.28. The van der Waals surface area contributed by atoms with Crippen molar-refractivity contribution in [3.8, 4) is 0 Å². The molecule has 1 N–H and O–H groups in total. The highest BCUT2D eigenvalue weighted by Crippen LogP contribution is 2.16. The van der Waals surface area contributed by atoms with Gasteiger partial charge in [-0.05, 0) is 41.5 Å². The summed E-state index contributed by atoms with van der Waals surface area (Å²) in [5.41, 5.74) is 0.609. The summed E-state index contributed by atoms with van der Waals surface area (Å²) in [7, 11) is 0. The van der Waals surface area contributed by atoms with Gasteiger partial charge in [0.25, 0.3) is 0 Å². The molecule has 6 nitrogen and oxygen atoms in total. The third kappa shape index (κ3) is 5.04. The Labute approximate surface area is 137 Å². The maximum Gasteiger partial charge on any atom is 0.245 e. The molecular weight excluding hydrogens is 323 g/mol. The van der Waals surface area contributed by atoms with Crippen molar-refractivity contribution >= 4 is 5.91 Å². The molecule has 1 atom stereocenters. The van der Waals surface area contributed by atoms with Crippen molar-refractivity contribution in [1.29, 1.82) is 0 Å². The standard InChI is InChI=1S/C15H18F3N5O/c1-10-20-21-22-23(10)13(9-11-4-2-5-12(16)8-11)15(24)19-7-3-6-14(17)18/h2,4-5,8,13-14H,3,6-7,9H2,1H3,(H,19,24). The number of carbonyl (C=O) groups excluding carboxylic acids is 1. The fraction of sp³-hybridized carbons (Fsp3) is 0.467. The number of nitrogens with zero attached hydrogens (tertiary/aromatic N) is 4. The Morgan fingerprint density at radius 2 is 2.17 bits per heavy atom. The van der Waals surface area contributed by atoms with E-state index in [-0.39, 0.29) is 25.8 Å². The predicted molar refractivity (Wildman–Crippen MR) is 79.9 cm³/mol. The van der Waals surface area contributed by atoms with E-state index in [1.807, 2.05) is 0 Å². The average molecular weight is 341 g/mol. The van der Waals surface area contributed by atoms with E-state index in [2.05, 4.69) is 20.8 Å². The van der Waals surface area contributed by atoms with Crippen LogP contribution >= 0.6 is 0 Å². The Balaban J connectivity index is 2.08. The molecule has 24 heavy (non-hydrogen) atoms. The monoisotopic (exact) mass is 341 g/mol. The van der Waals surface area contributed by atoms with Crippen LogP contribution in [0.15, 0.2) is 24.3 Å². The molecule has 0 aliphatic heterocycles. The first-order valence-electron chi connectivity index (χ1n) is 7.52. The molecule has 130 valence electrons. The van der Waals surface area contributed by atoms with E-state index in [1.165, 1.54) is 16.8 Å². The van der Waals surface area contributed by atoms with E-state index in [0.717, 1.165) is 0 Å². The molecule has 2 aromatic rings. The number of carbonyl (C=O) groups is 1. The number of rotatable bonds is 8. The number of hydrogen-bond acceptors (Lipinski definition) is 4. The third-order valence-corrected chi connectivity index (χ3v) is 3.47. The number of aryl methyl sites for hydroxylation is 1. The Morgan fingerprint density at radius 3 is 2.79 bits per heavy atom. The molecule has 0 bridgehead atoms. The molecule has 0 radical (unpaired) electrons. The number of alkyl halides is 2. The zero-order valence-corrected chi connectivity index (χ0v) is 13.1. The second-order valence-electron chi connectivity index (χ2n) is 5.34. The number of benzene rings is 1. The van der Waals surface area contributed by atoms with Crippen LogP contribution in [0.2, 0.25) is 0 Å². The maximum atomic E-state index is 13.3. The van der Waals surface area contributed by atoms with Crippen molar-refractivity contribution in [2.75, 3.05) is 6.54 Å². The largest absolute Gasteiger partial charge is 0.354 e. The molecule has 0 saturated heterocycles. The van der Waals surface area contributed by atoms with Crippen LogP contribution in [-0.4, -0.2) is 39.1 Å². The summed E-state index contributed by atoms with van der Waals surface area (Å²) in [5.74, 6) is -0.375. The number of tetrazole rings is 1. The fourth-order valence-corrected chi connectivity index (χ4v) is 2.29. The summed E-state index contributed by atoms with van der Waals surface area (Å²) < 4.78 is 39.0. The Bertz CT molecular complexity index is 677. The molecule has 0 saturated carbocycles. The van der Waals surface area contributed by atoms with E-state index in [9.17, 15) is 18.0 Å². The molecule has 0 fully saturated rings. The van der Waals surface area contributed by atoms with Gasteiger partial charge < -0.3 is 5.32 Å². The number of hydrogen-bond donors (Lipinski definition) is 1. The van der Waals surface area contributed by atoms with Crippen molar-refractivity contribution in [3.05, 3.63) is 41.5 Å². The van der Waals surface area contributed by atoms with Gasteiger partial charge in [0.15, 0.2) is 0 Å². The molecule has 1 aromatic carbocycles. The van der Waals surface area contributed by atoms with Gasteiger partial charge in [0.05, 0.1) is 0 Å². The van der Waals surface area contributed by atoms with Crippen LogP contribution in [0.3, 0.4) is 0 Å². The van der Waals surface area contributed by atoms with Crippen LogP contribution in [0.4, 0.5) is 13.2 Å². The van der Waals surface area contributed by atoms with Crippen LogP contribution in [0, 0.1) is 12.7 Å². The van der Waals surface area contributed by atoms with Gasteiger partial charge in [-0.15, -0.1) is 5.10 Å². The molecule has 9 heteroatoms. The number of nitrogens with one attached hydrogen (secondary N) is 1. The topological polar surface area (TPSA) is 72.7 Å². The van der Waals surface area contributed by atoms with E-state index in [1.54, 1.807) is 19.1 Å². The second kappa shape index (κ2) is 8.42. The molecule has 1 amide bonds. The molecule has 0 spiro atoms. The van der Waals surface area contributed by atoms with Crippen molar-refractivity contribution < 1.29 is 18.0 Å². The Morgan fingerprint density at radius 1 is 1.38 bits per heavy atom. The molecule has 2 rings (SSSR count). The summed E-state index contributed by atoms with van der Waals surface area (Å²) in [5, 5.41) is 13.7. The van der Waals surface area contributed by atoms with Crippen LogP contribution in [-0.2, 0) is 11.2 Å². The normalized spacial score (nSPS) is 12.4. The first kappa shape index (κ1) is 17.9. The van der Waals surface area contributed by atoms with Crippen LogP contribution in [0.1, 0.15) is 30.3 Å². The lowest BCUT2D eigenvalue weighted by Gasteiger charge is -2.17. The summed E-state index contributed by atoms with van der Waals surface area (Å²) in [6.07, 6.45) is -2.32. The molecule has 1 heterocycles. The van der Waals surface area contributed by atoms with Gasteiger partial charge in [-0.25, -0.2) is 17.9 Å². The predicted octanol–water partition coefficient (Wildman–Crippen LogP) is 2.07. The lowest BCUT2D eigenvalue weighted by molar-refractivity contribution is -0.124. The zero-order chi connectivity index (χ0) is 17.5. The van der Waals surface area contributed by atoms with Crippen molar-refractivity contribution in [3.63, 3.8) is 0 Å². The highest BCUT2D eigenvalue weighted by atomic mass is 19.3. The van der Waals surface area contributed by atoms with Gasteiger partial charge in [-0.2, -0.15) is 0 Å². The summed E-state index contributed by atoms with van der Waals surface area (Å²) in [6.45, 7) is 1.77. The zero-order valence-electron chi connectivity index (χ0n) is 13.1. The van der Waals surface area contributed by atoms with Gasteiger partial charge >= 0.3 is 0 Å². The van der Waals surface area contributed by atoms with Crippen LogP contribution in [0.5, 0.6) is 0 Å².